The van der Waals surface area contributed by atoms with Gasteiger partial charge in [-0.25, -0.2) is 9.78 Å². The average molecular weight is 439 g/mol. The van der Waals surface area contributed by atoms with Crippen molar-refractivity contribution in [2.24, 2.45) is 0 Å². The van der Waals surface area contributed by atoms with E-state index in [4.69, 9.17) is 5.11 Å². The molecular weight excluding hydrogens is 425 g/mol. The number of aromatic amines is 1. The topological polar surface area (TPSA) is 113 Å². The molecule has 8 nitrogen and oxygen atoms in total. The molecule has 1 amide bonds. The van der Waals surface area contributed by atoms with Crippen LogP contribution in [0.5, 0.6) is 0 Å². The summed E-state index contributed by atoms with van der Waals surface area (Å²) in [4.78, 5) is 28.7. The number of H-pyrrole nitrogens is 1. The fourth-order valence-electron chi connectivity index (χ4n) is 2.54. The summed E-state index contributed by atoms with van der Waals surface area (Å²) in [6.07, 6.45) is 2.35. The summed E-state index contributed by atoms with van der Waals surface area (Å²) < 4.78 is 2.22. The molecule has 2 heterocycles. The maximum atomic E-state index is 13.0. The van der Waals surface area contributed by atoms with E-state index < -0.39 is 12.1 Å². The molecule has 0 aliphatic carbocycles. The fourth-order valence-corrected chi connectivity index (χ4v) is 3.16. The number of rotatable bonds is 4. The number of nitrogens with one attached hydrogen (secondary N) is 2. The van der Waals surface area contributed by atoms with Gasteiger partial charge in [0.15, 0.2) is 0 Å². The molecule has 3 aromatic rings. The zero-order valence-corrected chi connectivity index (χ0v) is 14.8. The maximum Gasteiger partial charge on any atom is 0.405 e. The van der Waals surface area contributed by atoms with Gasteiger partial charge >= 0.3 is 6.09 Å². The Labute approximate surface area is 150 Å². The van der Waals surface area contributed by atoms with Crippen LogP contribution in [0.1, 0.15) is 25.2 Å². The quantitative estimate of drug-likeness (QED) is 0.541. The van der Waals surface area contributed by atoms with E-state index >= 15 is 0 Å². The number of carbonyl (C=O) groups is 1. The molecule has 2 aromatic heterocycles. The second-order valence-corrected chi connectivity index (χ2v) is 6.28. The first kappa shape index (κ1) is 16.4. The van der Waals surface area contributed by atoms with Gasteiger partial charge < -0.3 is 10.4 Å². The molecule has 0 aliphatic heterocycles. The summed E-state index contributed by atoms with van der Waals surface area (Å²) >= 11 is 2.11. The van der Waals surface area contributed by atoms with Gasteiger partial charge in [-0.15, -0.1) is 0 Å². The molecule has 0 radical (unpaired) electrons. The predicted octanol–water partition coefficient (Wildman–Crippen LogP) is 2.43. The Morgan fingerprint density at radius 1 is 1.50 bits per heavy atom. The molecule has 0 aliphatic rings. The van der Waals surface area contributed by atoms with E-state index in [9.17, 15) is 9.59 Å². The molecule has 24 heavy (non-hydrogen) atoms. The molecule has 3 rings (SSSR count). The number of para-hydroxylation sites is 1. The van der Waals surface area contributed by atoms with Crippen molar-refractivity contribution in [3.8, 4) is 5.69 Å². The molecular formula is C15H14IN5O3. The lowest BCUT2D eigenvalue weighted by Gasteiger charge is -2.19. The van der Waals surface area contributed by atoms with Crippen LogP contribution >= 0.6 is 22.6 Å². The first-order valence-electron chi connectivity index (χ1n) is 7.22. The minimum absolute atomic E-state index is 0.263. The van der Waals surface area contributed by atoms with Crippen molar-refractivity contribution in [1.82, 2.24) is 25.1 Å². The Morgan fingerprint density at radius 2 is 2.29 bits per heavy atom. The highest BCUT2D eigenvalue weighted by Crippen LogP contribution is 2.22. The predicted molar refractivity (Wildman–Crippen MR) is 96.4 cm³/mol. The highest BCUT2D eigenvalue weighted by molar-refractivity contribution is 14.1. The van der Waals surface area contributed by atoms with Gasteiger partial charge in [-0.1, -0.05) is 13.0 Å². The Kier molecular flexibility index (Phi) is 4.51. The van der Waals surface area contributed by atoms with Crippen LogP contribution in [-0.4, -0.2) is 30.9 Å². The van der Waals surface area contributed by atoms with Crippen molar-refractivity contribution in [3.05, 3.63) is 50.3 Å². The van der Waals surface area contributed by atoms with E-state index in [2.05, 4.69) is 43.1 Å². The van der Waals surface area contributed by atoms with Crippen LogP contribution < -0.4 is 10.9 Å². The summed E-state index contributed by atoms with van der Waals surface area (Å²) in [6.45, 7) is 1.83. The van der Waals surface area contributed by atoms with Crippen molar-refractivity contribution >= 4 is 39.6 Å². The molecule has 1 atom stereocenters. The first-order valence-corrected chi connectivity index (χ1v) is 8.30. The lowest BCUT2D eigenvalue weighted by molar-refractivity contribution is 0.188. The van der Waals surface area contributed by atoms with Gasteiger partial charge in [-0.05, 0) is 41.1 Å². The molecule has 9 heteroatoms. The normalized spacial score (nSPS) is 12.2. The summed E-state index contributed by atoms with van der Waals surface area (Å²) in [5.41, 5.74) is 0.804. The Bertz CT molecular complexity index is 952. The molecule has 0 spiro atoms. The van der Waals surface area contributed by atoms with E-state index in [1.807, 2.05) is 13.0 Å². The van der Waals surface area contributed by atoms with Crippen LogP contribution in [-0.2, 0) is 0 Å². The van der Waals surface area contributed by atoms with Crippen molar-refractivity contribution in [2.75, 3.05) is 0 Å². The number of hydrogen-bond acceptors (Lipinski definition) is 4. The zero-order chi connectivity index (χ0) is 17.3. The van der Waals surface area contributed by atoms with Gasteiger partial charge in [0.05, 0.1) is 28.8 Å². The maximum absolute atomic E-state index is 13.0. The summed E-state index contributed by atoms with van der Waals surface area (Å²) in [5, 5.41) is 18.5. The number of halogens is 1. The number of nitrogens with zero attached hydrogens (tertiary/aromatic N) is 3. The molecule has 0 saturated heterocycles. The van der Waals surface area contributed by atoms with Gasteiger partial charge in [-0.3, -0.25) is 14.5 Å². The largest absolute Gasteiger partial charge is 0.465 e. The third-order valence-corrected chi connectivity index (χ3v) is 4.51. The van der Waals surface area contributed by atoms with Crippen molar-refractivity contribution in [1.29, 1.82) is 0 Å². The van der Waals surface area contributed by atoms with Gasteiger partial charge in [0, 0.05) is 9.77 Å². The number of aromatic nitrogens is 4. The van der Waals surface area contributed by atoms with Crippen molar-refractivity contribution in [3.63, 3.8) is 0 Å². The molecule has 3 N–H and O–H groups in total. The van der Waals surface area contributed by atoms with Crippen LogP contribution in [0.3, 0.4) is 0 Å². The van der Waals surface area contributed by atoms with Crippen LogP contribution in [0.2, 0.25) is 0 Å². The summed E-state index contributed by atoms with van der Waals surface area (Å²) in [6, 6.07) is 4.73. The van der Waals surface area contributed by atoms with Gasteiger partial charge in [-0.2, -0.15) is 5.10 Å². The molecule has 1 unspecified atom stereocenters. The fraction of sp³-hybridized carbons (Fsp3) is 0.200. The number of fused-ring (bicyclic) bond motifs is 1. The smallest absolute Gasteiger partial charge is 0.405 e. The lowest BCUT2D eigenvalue weighted by Crippen LogP contribution is -2.33. The summed E-state index contributed by atoms with van der Waals surface area (Å²) in [5.74, 6) is 0.336. The third kappa shape index (κ3) is 2.86. The van der Waals surface area contributed by atoms with Gasteiger partial charge in [0.2, 0.25) is 0 Å². The van der Waals surface area contributed by atoms with E-state index in [-0.39, 0.29) is 5.56 Å². The number of carboxylic acid groups (broad SMARTS) is 1. The van der Waals surface area contributed by atoms with Crippen molar-refractivity contribution < 1.29 is 9.90 Å². The average Bonchev–Trinajstić information content (AvgIpc) is 3.07. The standard InChI is InChI=1S/C15H14IN5O3/c1-2-11(19-15(23)24)13-20-12-9(4-3-5-10(12)16)14(22)21(13)8-6-17-18-7-8/h3-7,11,19H,2H2,1H3,(H,17,18)(H,23,24). The Morgan fingerprint density at radius 3 is 2.92 bits per heavy atom. The van der Waals surface area contributed by atoms with Crippen LogP contribution in [0.4, 0.5) is 4.79 Å². The van der Waals surface area contributed by atoms with Crippen LogP contribution in [0, 0.1) is 3.57 Å². The van der Waals surface area contributed by atoms with Gasteiger partial charge in [0.25, 0.3) is 5.56 Å². The second-order valence-electron chi connectivity index (χ2n) is 5.11. The molecule has 0 bridgehead atoms. The van der Waals surface area contributed by atoms with Crippen molar-refractivity contribution in [2.45, 2.75) is 19.4 Å². The Balaban J connectivity index is 2.37. The lowest BCUT2D eigenvalue weighted by atomic mass is 10.1. The molecule has 0 saturated carbocycles. The van der Waals surface area contributed by atoms with Crippen LogP contribution in [0.15, 0.2) is 35.4 Å². The minimum Gasteiger partial charge on any atom is -0.465 e. The molecule has 0 fully saturated rings. The van der Waals surface area contributed by atoms with Gasteiger partial charge in [0.1, 0.15) is 5.82 Å². The Hall–Kier alpha value is -2.43. The molecule has 124 valence electrons. The van der Waals surface area contributed by atoms with E-state index in [0.29, 0.717) is 28.8 Å². The highest BCUT2D eigenvalue weighted by atomic mass is 127. The number of amides is 1. The zero-order valence-electron chi connectivity index (χ0n) is 12.7. The third-order valence-electron chi connectivity index (χ3n) is 3.64. The summed E-state index contributed by atoms with van der Waals surface area (Å²) in [7, 11) is 0. The number of benzene rings is 1. The molecule has 1 aromatic carbocycles. The highest BCUT2D eigenvalue weighted by Gasteiger charge is 2.22. The second kappa shape index (κ2) is 6.59. The SMILES string of the molecule is CCC(NC(=O)O)c1nc2c(I)cccc2c(=O)n1-c1cn[nH]c1. The number of hydrogen-bond donors (Lipinski definition) is 3. The van der Waals surface area contributed by atoms with E-state index in [0.717, 1.165) is 3.57 Å². The van der Waals surface area contributed by atoms with E-state index in [1.54, 1.807) is 18.3 Å². The first-order chi connectivity index (χ1) is 11.5. The minimum atomic E-state index is -1.17. The monoisotopic (exact) mass is 439 g/mol. The van der Waals surface area contributed by atoms with E-state index in [1.165, 1.54) is 10.8 Å². The van der Waals surface area contributed by atoms with Crippen LogP contribution in [0.25, 0.3) is 16.6 Å².